The molecule has 7 nitrogen and oxygen atoms in total. The van der Waals surface area contributed by atoms with Crippen LogP contribution in [0.4, 0.5) is 11.4 Å². The lowest BCUT2D eigenvalue weighted by molar-refractivity contribution is -0.385. The van der Waals surface area contributed by atoms with Crippen molar-refractivity contribution in [3.8, 4) is 6.07 Å². The van der Waals surface area contributed by atoms with Crippen molar-refractivity contribution in [1.29, 1.82) is 5.26 Å². The molecule has 2 rings (SSSR count). The molecule has 2 aromatic rings. The lowest BCUT2D eigenvalue weighted by Gasteiger charge is -2.06. The van der Waals surface area contributed by atoms with E-state index in [1.807, 2.05) is 19.9 Å². The first kappa shape index (κ1) is 15.5. The van der Waals surface area contributed by atoms with Gasteiger partial charge in [0, 0.05) is 23.9 Å². The number of nitriles is 1. The van der Waals surface area contributed by atoms with E-state index in [0.29, 0.717) is 12.2 Å². The van der Waals surface area contributed by atoms with Crippen LogP contribution in [-0.2, 0) is 6.42 Å². The van der Waals surface area contributed by atoms with Gasteiger partial charge in [0.25, 0.3) is 5.69 Å². The van der Waals surface area contributed by atoms with Crippen molar-refractivity contribution >= 4 is 11.4 Å². The summed E-state index contributed by atoms with van der Waals surface area (Å²) in [5.41, 5.74) is 2.59. The van der Waals surface area contributed by atoms with Gasteiger partial charge in [0.2, 0.25) is 0 Å². The summed E-state index contributed by atoms with van der Waals surface area (Å²) in [6.45, 7) is 4.49. The average molecular weight is 300 g/mol. The van der Waals surface area contributed by atoms with E-state index in [1.165, 1.54) is 12.1 Å². The van der Waals surface area contributed by atoms with Crippen LogP contribution in [0, 0.1) is 35.3 Å². The molecule has 7 heteroatoms. The van der Waals surface area contributed by atoms with E-state index in [0.717, 1.165) is 29.9 Å². The van der Waals surface area contributed by atoms with Crippen molar-refractivity contribution in [1.82, 2.24) is 5.16 Å². The summed E-state index contributed by atoms with van der Waals surface area (Å²) >= 11 is 0. The van der Waals surface area contributed by atoms with Gasteiger partial charge < -0.3 is 9.84 Å². The van der Waals surface area contributed by atoms with Crippen molar-refractivity contribution in [2.75, 3.05) is 11.9 Å². The lowest BCUT2D eigenvalue weighted by atomic mass is 10.1. The number of anilines is 1. The molecular formula is C15H16N4O3. The van der Waals surface area contributed by atoms with Crippen LogP contribution in [0.1, 0.15) is 29.0 Å². The molecule has 0 saturated heterocycles. The van der Waals surface area contributed by atoms with Gasteiger partial charge in [-0.2, -0.15) is 5.26 Å². The number of nitrogens with zero attached hydrogens (tertiary/aromatic N) is 3. The predicted molar refractivity (Wildman–Crippen MR) is 80.6 cm³/mol. The number of nitro groups is 1. The topological polar surface area (TPSA) is 105 Å². The molecular weight excluding hydrogens is 284 g/mol. The molecule has 0 aliphatic rings. The Bertz CT molecular complexity index is 711. The quantitative estimate of drug-likeness (QED) is 0.499. The Morgan fingerprint density at radius 3 is 2.82 bits per heavy atom. The fourth-order valence-electron chi connectivity index (χ4n) is 2.25. The summed E-state index contributed by atoms with van der Waals surface area (Å²) in [6.07, 6.45) is 1.70. The summed E-state index contributed by atoms with van der Waals surface area (Å²) in [5.74, 6) is 0.833. The zero-order chi connectivity index (χ0) is 16.1. The van der Waals surface area contributed by atoms with Crippen molar-refractivity contribution in [2.45, 2.75) is 26.7 Å². The van der Waals surface area contributed by atoms with Crippen LogP contribution in [0.15, 0.2) is 22.7 Å². The zero-order valence-corrected chi connectivity index (χ0v) is 12.4. The number of hydrogen-bond acceptors (Lipinski definition) is 6. The third-order valence-corrected chi connectivity index (χ3v) is 3.43. The molecule has 1 aromatic heterocycles. The summed E-state index contributed by atoms with van der Waals surface area (Å²) in [5, 5.41) is 26.8. The van der Waals surface area contributed by atoms with Crippen molar-refractivity contribution in [2.24, 2.45) is 0 Å². The second-order valence-corrected chi connectivity index (χ2v) is 4.93. The first-order valence-corrected chi connectivity index (χ1v) is 6.87. The van der Waals surface area contributed by atoms with E-state index in [9.17, 15) is 10.1 Å². The highest BCUT2D eigenvalue weighted by Crippen LogP contribution is 2.22. The van der Waals surface area contributed by atoms with Crippen LogP contribution >= 0.6 is 0 Å². The van der Waals surface area contributed by atoms with Gasteiger partial charge in [0.1, 0.15) is 17.4 Å². The van der Waals surface area contributed by atoms with Crippen LogP contribution in [-0.4, -0.2) is 16.6 Å². The fraction of sp³-hybridized carbons (Fsp3) is 0.333. The van der Waals surface area contributed by atoms with E-state index >= 15 is 0 Å². The number of rotatable bonds is 6. The number of aryl methyl sites for hydroxylation is 2. The average Bonchev–Trinajstić information content (AvgIpc) is 2.82. The van der Waals surface area contributed by atoms with Gasteiger partial charge in [-0.1, -0.05) is 5.16 Å². The first-order chi connectivity index (χ1) is 10.5. The van der Waals surface area contributed by atoms with Crippen LogP contribution in [0.3, 0.4) is 0 Å². The smallest absolute Gasteiger partial charge is 0.287 e. The van der Waals surface area contributed by atoms with Crippen molar-refractivity contribution in [3.63, 3.8) is 0 Å². The molecule has 0 spiro atoms. The Labute approximate surface area is 127 Å². The molecule has 1 N–H and O–H groups in total. The number of aromatic nitrogens is 1. The molecule has 0 amide bonds. The minimum Gasteiger partial charge on any atom is -0.385 e. The maximum atomic E-state index is 10.8. The van der Waals surface area contributed by atoms with Crippen LogP contribution in [0.5, 0.6) is 0 Å². The molecule has 0 saturated carbocycles. The van der Waals surface area contributed by atoms with Gasteiger partial charge in [-0.3, -0.25) is 10.1 Å². The van der Waals surface area contributed by atoms with E-state index in [2.05, 4.69) is 10.5 Å². The number of nitrogens with one attached hydrogen (secondary N) is 1. The molecule has 0 atom stereocenters. The highest BCUT2D eigenvalue weighted by atomic mass is 16.6. The molecule has 0 aliphatic carbocycles. The lowest BCUT2D eigenvalue weighted by Crippen LogP contribution is -2.04. The molecule has 0 fully saturated rings. The third-order valence-electron chi connectivity index (χ3n) is 3.43. The molecule has 22 heavy (non-hydrogen) atoms. The summed E-state index contributed by atoms with van der Waals surface area (Å²) in [6, 6.07) is 6.29. The molecule has 114 valence electrons. The molecule has 1 heterocycles. The van der Waals surface area contributed by atoms with E-state index in [1.54, 1.807) is 6.07 Å². The SMILES string of the molecule is Cc1noc(C)c1CCCNc1ccc([N+](=O)[O-])c(C#N)c1. The molecule has 0 aliphatic heterocycles. The molecule has 0 radical (unpaired) electrons. The standard InChI is InChI=1S/C15H16N4O3/c1-10-14(11(2)22-18-10)4-3-7-17-13-5-6-15(19(20)21)12(8-13)9-16/h5-6,8,17H,3-4,7H2,1-2H3. The van der Waals surface area contributed by atoms with Crippen molar-refractivity contribution in [3.05, 3.63) is 50.9 Å². The second-order valence-electron chi connectivity index (χ2n) is 4.93. The maximum Gasteiger partial charge on any atom is 0.287 e. The zero-order valence-electron chi connectivity index (χ0n) is 12.4. The highest BCUT2D eigenvalue weighted by molar-refractivity contribution is 5.58. The molecule has 0 unspecified atom stereocenters. The largest absolute Gasteiger partial charge is 0.385 e. The third kappa shape index (κ3) is 3.41. The Morgan fingerprint density at radius 2 is 2.23 bits per heavy atom. The first-order valence-electron chi connectivity index (χ1n) is 6.87. The van der Waals surface area contributed by atoms with Crippen LogP contribution < -0.4 is 5.32 Å². The van der Waals surface area contributed by atoms with Gasteiger partial charge in [-0.05, 0) is 38.8 Å². The van der Waals surface area contributed by atoms with Crippen LogP contribution in [0.25, 0.3) is 0 Å². The van der Waals surface area contributed by atoms with E-state index < -0.39 is 4.92 Å². The Balaban J connectivity index is 1.93. The van der Waals surface area contributed by atoms with Gasteiger partial charge in [0.15, 0.2) is 0 Å². The number of hydrogen-bond donors (Lipinski definition) is 1. The fourth-order valence-corrected chi connectivity index (χ4v) is 2.25. The second kappa shape index (κ2) is 6.72. The van der Waals surface area contributed by atoms with E-state index in [4.69, 9.17) is 9.78 Å². The normalized spacial score (nSPS) is 10.2. The monoisotopic (exact) mass is 300 g/mol. The van der Waals surface area contributed by atoms with Crippen LogP contribution in [0.2, 0.25) is 0 Å². The van der Waals surface area contributed by atoms with Gasteiger partial charge in [-0.25, -0.2) is 0 Å². The Morgan fingerprint density at radius 1 is 1.45 bits per heavy atom. The maximum absolute atomic E-state index is 10.8. The summed E-state index contributed by atoms with van der Waals surface area (Å²) in [4.78, 5) is 10.2. The minimum atomic E-state index is -0.556. The van der Waals surface area contributed by atoms with Gasteiger partial charge in [-0.15, -0.1) is 0 Å². The molecule has 1 aromatic carbocycles. The summed E-state index contributed by atoms with van der Waals surface area (Å²) in [7, 11) is 0. The predicted octanol–water partition coefficient (Wildman–Crippen LogP) is 3.12. The Hall–Kier alpha value is -2.88. The number of nitro benzene ring substituents is 1. The number of benzene rings is 1. The van der Waals surface area contributed by atoms with Crippen molar-refractivity contribution < 1.29 is 9.45 Å². The minimum absolute atomic E-state index is 0.0562. The summed E-state index contributed by atoms with van der Waals surface area (Å²) < 4.78 is 5.11. The Kier molecular flexibility index (Phi) is 4.73. The highest BCUT2D eigenvalue weighted by Gasteiger charge is 2.13. The molecule has 0 bridgehead atoms. The van der Waals surface area contributed by atoms with Gasteiger partial charge >= 0.3 is 0 Å². The van der Waals surface area contributed by atoms with Gasteiger partial charge in [0.05, 0.1) is 10.6 Å². The van der Waals surface area contributed by atoms with E-state index in [-0.39, 0.29) is 11.3 Å².